The van der Waals surface area contributed by atoms with Crippen molar-refractivity contribution in [1.82, 2.24) is 0 Å². The van der Waals surface area contributed by atoms with E-state index < -0.39 is 0 Å². The van der Waals surface area contributed by atoms with Crippen LogP contribution in [0.5, 0.6) is 0 Å². The summed E-state index contributed by atoms with van der Waals surface area (Å²) in [7, 11) is 0. The Balaban J connectivity index is 4.02. The first-order chi connectivity index (χ1) is 5.00. The van der Waals surface area contributed by atoms with Crippen LogP contribution in [0.25, 0.3) is 0 Å². The van der Waals surface area contributed by atoms with Crippen molar-refractivity contribution in [2.24, 2.45) is 23.5 Å². The van der Waals surface area contributed by atoms with Gasteiger partial charge in [-0.25, -0.2) is 0 Å². The number of aliphatic hydroxyl groups is 1. The van der Waals surface area contributed by atoms with Crippen LogP contribution in [-0.2, 0) is 0 Å². The van der Waals surface area contributed by atoms with E-state index in [0.717, 1.165) is 0 Å². The molecule has 0 unspecified atom stereocenters. The molecule has 0 bridgehead atoms. The highest BCUT2D eigenvalue weighted by molar-refractivity contribution is 4.77. The normalized spacial score (nSPS) is 17.5. The maximum atomic E-state index is 9.04. The molecule has 0 amide bonds. The molecule has 0 rings (SSSR count). The zero-order valence-electron chi connectivity index (χ0n) is 8.04. The first-order valence-electron chi connectivity index (χ1n) is 4.37. The van der Waals surface area contributed by atoms with E-state index in [2.05, 4.69) is 27.7 Å². The molecule has 0 saturated carbocycles. The molecule has 68 valence electrons. The van der Waals surface area contributed by atoms with Gasteiger partial charge in [0, 0.05) is 12.6 Å². The predicted molar refractivity (Wildman–Crippen MR) is 48.2 cm³/mol. The molecule has 0 aromatic heterocycles. The first kappa shape index (κ1) is 10.9. The van der Waals surface area contributed by atoms with E-state index in [4.69, 9.17) is 10.8 Å². The number of aliphatic hydroxyl groups excluding tert-OH is 1. The molecule has 2 atom stereocenters. The van der Waals surface area contributed by atoms with E-state index in [9.17, 15) is 0 Å². The first-order valence-corrected chi connectivity index (χ1v) is 4.37. The fraction of sp³-hybridized carbons (Fsp3) is 1.00. The van der Waals surface area contributed by atoms with E-state index in [1.165, 1.54) is 0 Å². The Morgan fingerprint density at radius 2 is 1.55 bits per heavy atom. The minimum atomic E-state index is 0.125. The zero-order chi connectivity index (χ0) is 9.02. The van der Waals surface area contributed by atoms with Gasteiger partial charge in [0.05, 0.1) is 0 Å². The van der Waals surface area contributed by atoms with Crippen molar-refractivity contribution < 1.29 is 5.11 Å². The predicted octanol–water partition coefficient (Wildman–Crippen LogP) is 1.23. The van der Waals surface area contributed by atoms with Gasteiger partial charge in [-0.2, -0.15) is 0 Å². The van der Waals surface area contributed by atoms with Gasteiger partial charge >= 0.3 is 0 Å². The summed E-state index contributed by atoms with van der Waals surface area (Å²) < 4.78 is 0. The largest absolute Gasteiger partial charge is 0.396 e. The van der Waals surface area contributed by atoms with Gasteiger partial charge in [0.1, 0.15) is 0 Å². The summed E-state index contributed by atoms with van der Waals surface area (Å²) in [5.41, 5.74) is 5.91. The second-order valence-electron chi connectivity index (χ2n) is 3.91. The minimum absolute atomic E-state index is 0.125. The monoisotopic (exact) mass is 159 g/mol. The molecule has 3 N–H and O–H groups in total. The molecule has 11 heavy (non-hydrogen) atoms. The highest BCUT2D eigenvalue weighted by Gasteiger charge is 2.22. The lowest BCUT2D eigenvalue weighted by Gasteiger charge is -2.28. The van der Waals surface area contributed by atoms with E-state index >= 15 is 0 Å². The third-order valence-electron chi connectivity index (χ3n) is 2.33. The summed E-state index contributed by atoms with van der Waals surface area (Å²) in [5.74, 6) is 1.17. The van der Waals surface area contributed by atoms with Crippen molar-refractivity contribution in [3.8, 4) is 0 Å². The van der Waals surface area contributed by atoms with E-state index in [-0.39, 0.29) is 18.6 Å². The third kappa shape index (κ3) is 3.21. The van der Waals surface area contributed by atoms with Crippen LogP contribution in [0.4, 0.5) is 0 Å². The maximum absolute atomic E-state index is 9.04. The summed E-state index contributed by atoms with van der Waals surface area (Å²) in [6, 6.07) is 0.125. The van der Waals surface area contributed by atoms with Crippen LogP contribution >= 0.6 is 0 Å². The molecule has 0 aliphatic rings. The Hall–Kier alpha value is -0.0800. The van der Waals surface area contributed by atoms with Gasteiger partial charge in [-0.3, -0.25) is 0 Å². The van der Waals surface area contributed by atoms with Crippen LogP contribution in [0.1, 0.15) is 27.7 Å². The van der Waals surface area contributed by atoms with Gasteiger partial charge in [-0.1, -0.05) is 27.7 Å². The van der Waals surface area contributed by atoms with Crippen LogP contribution in [0, 0.1) is 17.8 Å². The van der Waals surface area contributed by atoms with Gasteiger partial charge in [0.25, 0.3) is 0 Å². The van der Waals surface area contributed by atoms with Gasteiger partial charge < -0.3 is 10.8 Å². The molecular weight excluding hydrogens is 138 g/mol. The van der Waals surface area contributed by atoms with Crippen molar-refractivity contribution in [1.29, 1.82) is 0 Å². The molecule has 0 radical (unpaired) electrons. The Bertz CT molecular complexity index is 102. The second-order valence-corrected chi connectivity index (χ2v) is 3.91. The lowest BCUT2D eigenvalue weighted by atomic mass is 9.84. The van der Waals surface area contributed by atoms with E-state index in [1.807, 2.05) is 0 Å². The standard InChI is InChI=1S/C9H21NO/c1-6(2)8(5-11)9(10)7(3)4/h6-9,11H,5,10H2,1-4H3/t8-,9-/m0/s1. The van der Waals surface area contributed by atoms with Crippen molar-refractivity contribution in [2.75, 3.05) is 6.61 Å². The lowest BCUT2D eigenvalue weighted by Crippen LogP contribution is -2.39. The fourth-order valence-electron chi connectivity index (χ4n) is 1.27. The molecule has 0 spiro atoms. The minimum Gasteiger partial charge on any atom is -0.396 e. The second kappa shape index (κ2) is 4.73. The molecular formula is C9H21NO. The number of hydrogen-bond acceptors (Lipinski definition) is 2. The molecule has 0 aliphatic carbocycles. The molecule has 0 saturated heterocycles. The molecule has 0 aliphatic heterocycles. The molecule has 2 nitrogen and oxygen atoms in total. The topological polar surface area (TPSA) is 46.2 Å². The van der Waals surface area contributed by atoms with Crippen LogP contribution in [0.2, 0.25) is 0 Å². The van der Waals surface area contributed by atoms with Crippen molar-refractivity contribution in [2.45, 2.75) is 33.7 Å². The van der Waals surface area contributed by atoms with Crippen LogP contribution < -0.4 is 5.73 Å². The SMILES string of the molecule is CC(C)[C@H](N)[C@@H](CO)C(C)C. The van der Waals surface area contributed by atoms with E-state index in [0.29, 0.717) is 11.8 Å². The molecule has 2 heteroatoms. The quantitative estimate of drug-likeness (QED) is 0.648. The van der Waals surface area contributed by atoms with Crippen molar-refractivity contribution in [3.63, 3.8) is 0 Å². The number of rotatable bonds is 4. The number of hydrogen-bond donors (Lipinski definition) is 2. The van der Waals surface area contributed by atoms with Crippen molar-refractivity contribution in [3.05, 3.63) is 0 Å². The van der Waals surface area contributed by atoms with Gasteiger partial charge in [-0.05, 0) is 17.8 Å². The summed E-state index contributed by atoms with van der Waals surface area (Å²) >= 11 is 0. The van der Waals surface area contributed by atoms with Gasteiger partial charge in [-0.15, -0.1) is 0 Å². The maximum Gasteiger partial charge on any atom is 0.0476 e. The molecule has 0 aromatic carbocycles. The smallest absolute Gasteiger partial charge is 0.0476 e. The lowest BCUT2D eigenvalue weighted by molar-refractivity contribution is 0.148. The average Bonchev–Trinajstić information content (AvgIpc) is 1.88. The number of nitrogens with two attached hydrogens (primary N) is 1. The van der Waals surface area contributed by atoms with E-state index in [1.54, 1.807) is 0 Å². The van der Waals surface area contributed by atoms with Crippen LogP contribution in [0.15, 0.2) is 0 Å². The molecule has 0 fully saturated rings. The van der Waals surface area contributed by atoms with Crippen LogP contribution in [0.3, 0.4) is 0 Å². The van der Waals surface area contributed by atoms with Gasteiger partial charge in [0.15, 0.2) is 0 Å². The average molecular weight is 159 g/mol. The summed E-state index contributed by atoms with van der Waals surface area (Å²) in [5, 5.41) is 9.04. The highest BCUT2D eigenvalue weighted by atomic mass is 16.3. The molecule has 0 heterocycles. The summed E-state index contributed by atoms with van der Waals surface area (Å²) in [6.07, 6.45) is 0. The highest BCUT2D eigenvalue weighted by Crippen LogP contribution is 2.18. The van der Waals surface area contributed by atoms with Crippen LogP contribution in [-0.4, -0.2) is 17.8 Å². The Morgan fingerprint density at radius 1 is 1.09 bits per heavy atom. The molecule has 0 aromatic rings. The Kier molecular flexibility index (Phi) is 4.69. The fourth-order valence-corrected chi connectivity index (χ4v) is 1.27. The third-order valence-corrected chi connectivity index (χ3v) is 2.33. The van der Waals surface area contributed by atoms with Crippen molar-refractivity contribution >= 4 is 0 Å². The van der Waals surface area contributed by atoms with Gasteiger partial charge in [0.2, 0.25) is 0 Å². The Labute approximate surface area is 69.8 Å². The Morgan fingerprint density at radius 3 is 1.64 bits per heavy atom. The summed E-state index contributed by atoms with van der Waals surface area (Å²) in [6.45, 7) is 8.59. The zero-order valence-corrected chi connectivity index (χ0v) is 8.04. The summed E-state index contributed by atoms with van der Waals surface area (Å²) in [4.78, 5) is 0.